The molecular formula is C21H35N3O4S. The highest BCUT2D eigenvalue weighted by molar-refractivity contribution is 7.89. The molecule has 2 N–H and O–H groups in total. The molecule has 7 nitrogen and oxygen atoms in total. The molecule has 8 heteroatoms. The Bertz CT molecular complexity index is 785. The van der Waals surface area contributed by atoms with E-state index in [4.69, 9.17) is 0 Å². The number of sulfonamides is 1. The molecule has 0 aliphatic carbocycles. The molecule has 164 valence electrons. The summed E-state index contributed by atoms with van der Waals surface area (Å²) in [6.45, 7) is 11.9. The molecule has 0 heterocycles. The smallest absolute Gasteiger partial charge is 0.251 e. The van der Waals surface area contributed by atoms with Crippen LogP contribution in [0.25, 0.3) is 0 Å². The van der Waals surface area contributed by atoms with Gasteiger partial charge in [0.1, 0.15) is 6.04 Å². The predicted octanol–water partition coefficient (Wildman–Crippen LogP) is 2.78. The first-order valence-corrected chi connectivity index (χ1v) is 11.8. The predicted molar refractivity (Wildman–Crippen MR) is 115 cm³/mol. The van der Waals surface area contributed by atoms with E-state index in [0.29, 0.717) is 13.1 Å². The van der Waals surface area contributed by atoms with Crippen molar-refractivity contribution >= 4 is 21.8 Å². The van der Waals surface area contributed by atoms with E-state index in [1.54, 1.807) is 26.0 Å². The van der Waals surface area contributed by atoms with Crippen LogP contribution in [0.5, 0.6) is 0 Å². The number of nitrogens with zero attached hydrogens (tertiary/aromatic N) is 1. The van der Waals surface area contributed by atoms with Crippen LogP contribution in [0.3, 0.4) is 0 Å². The molecule has 0 aromatic heterocycles. The van der Waals surface area contributed by atoms with Crippen molar-refractivity contribution in [3.8, 4) is 0 Å². The zero-order chi connectivity index (χ0) is 22.2. The Hall–Kier alpha value is -1.93. The van der Waals surface area contributed by atoms with Crippen molar-refractivity contribution < 1.29 is 18.0 Å². The topological polar surface area (TPSA) is 95.6 Å². The molecule has 1 rings (SSSR count). The highest BCUT2D eigenvalue weighted by Gasteiger charge is 2.27. The molecule has 0 fully saturated rings. The lowest BCUT2D eigenvalue weighted by Gasteiger charge is -2.25. The summed E-state index contributed by atoms with van der Waals surface area (Å²) in [4.78, 5) is 25.5. The lowest BCUT2D eigenvalue weighted by molar-refractivity contribution is -0.124. The van der Waals surface area contributed by atoms with Crippen LogP contribution in [0.4, 0.5) is 0 Å². The van der Waals surface area contributed by atoms with Crippen molar-refractivity contribution in [2.24, 2.45) is 5.92 Å². The third kappa shape index (κ3) is 6.54. The van der Waals surface area contributed by atoms with Crippen LogP contribution < -0.4 is 10.6 Å². The maximum atomic E-state index is 12.8. The molecule has 0 aliphatic rings. The largest absolute Gasteiger partial charge is 0.352 e. The molecule has 1 aromatic carbocycles. The number of rotatable bonds is 11. The SMILES string of the molecule is CCC(CC)NC(=O)C(NC(=O)c1cccc(S(=O)(=O)N(CC)CC)c1)C(C)C. The lowest BCUT2D eigenvalue weighted by atomic mass is 10.0. The minimum absolute atomic E-state index is 0.0585. The number of hydrogen-bond donors (Lipinski definition) is 2. The van der Waals surface area contributed by atoms with Crippen LogP contribution in [-0.4, -0.2) is 49.7 Å². The number of amides is 2. The van der Waals surface area contributed by atoms with E-state index in [-0.39, 0.29) is 28.3 Å². The normalized spacial score (nSPS) is 13.0. The first-order valence-electron chi connectivity index (χ1n) is 10.3. The zero-order valence-electron chi connectivity index (χ0n) is 18.4. The summed E-state index contributed by atoms with van der Waals surface area (Å²) >= 11 is 0. The molecule has 29 heavy (non-hydrogen) atoms. The van der Waals surface area contributed by atoms with E-state index in [1.165, 1.54) is 16.4 Å². The van der Waals surface area contributed by atoms with Crippen LogP contribution in [0.1, 0.15) is 64.7 Å². The lowest BCUT2D eigenvalue weighted by Crippen LogP contribution is -2.52. The Balaban J connectivity index is 3.07. The van der Waals surface area contributed by atoms with Gasteiger partial charge in [0, 0.05) is 24.7 Å². The zero-order valence-corrected chi connectivity index (χ0v) is 19.2. The average molecular weight is 426 g/mol. The van der Waals surface area contributed by atoms with Crippen molar-refractivity contribution in [2.75, 3.05) is 13.1 Å². The van der Waals surface area contributed by atoms with Gasteiger partial charge in [-0.3, -0.25) is 9.59 Å². The van der Waals surface area contributed by atoms with Gasteiger partial charge in [-0.15, -0.1) is 0 Å². The Morgan fingerprint density at radius 3 is 2.07 bits per heavy atom. The number of carbonyl (C=O) groups is 2. The minimum atomic E-state index is -3.67. The van der Waals surface area contributed by atoms with E-state index >= 15 is 0 Å². The van der Waals surface area contributed by atoms with Crippen molar-refractivity contribution in [3.63, 3.8) is 0 Å². The second-order valence-corrected chi connectivity index (χ2v) is 9.27. The molecule has 0 saturated carbocycles. The summed E-state index contributed by atoms with van der Waals surface area (Å²) in [6.07, 6.45) is 1.62. The summed E-state index contributed by atoms with van der Waals surface area (Å²) in [7, 11) is -3.67. The fraction of sp³-hybridized carbons (Fsp3) is 0.619. The van der Waals surface area contributed by atoms with Gasteiger partial charge < -0.3 is 10.6 Å². The van der Waals surface area contributed by atoms with E-state index in [2.05, 4.69) is 10.6 Å². The third-order valence-electron chi connectivity index (χ3n) is 5.01. The molecule has 0 bridgehead atoms. The van der Waals surface area contributed by atoms with Crippen molar-refractivity contribution in [2.45, 2.75) is 71.4 Å². The van der Waals surface area contributed by atoms with Crippen LogP contribution in [-0.2, 0) is 14.8 Å². The van der Waals surface area contributed by atoms with Crippen LogP contribution in [0, 0.1) is 5.92 Å². The van der Waals surface area contributed by atoms with Crippen LogP contribution in [0.15, 0.2) is 29.2 Å². The summed E-state index contributed by atoms with van der Waals surface area (Å²) in [5.74, 6) is -0.815. The van der Waals surface area contributed by atoms with Gasteiger partial charge >= 0.3 is 0 Å². The van der Waals surface area contributed by atoms with Gasteiger partial charge in [-0.1, -0.05) is 47.6 Å². The molecule has 1 unspecified atom stereocenters. The van der Waals surface area contributed by atoms with Crippen molar-refractivity contribution in [1.29, 1.82) is 0 Å². The van der Waals surface area contributed by atoms with Gasteiger partial charge in [0.2, 0.25) is 15.9 Å². The summed E-state index contributed by atoms with van der Waals surface area (Å²) < 4.78 is 26.8. The van der Waals surface area contributed by atoms with Gasteiger partial charge in [-0.2, -0.15) is 4.31 Å². The highest BCUT2D eigenvalue weighted by atomic mass is 32.2. The summed E-state index contributed by atoms with van der Waals surface area (Å²) in [5.41, 5.74) is 0.208. The monoisotopic (exact) mass is 425 g/mol. The third-order valence-corrected chi connectivity index (χ3v) is 7.05. The number of nitrogens with one attached hydrogen (secondary N) is 2. The molecule has 0 saturated heterocycles. The molecule has 1 atom stereocenters. The Morgan fingerprint density at radius 2 is 1.59 bits per heavy atom. The van der Waals surface area contributed by atoms with Gasteiger partial charge in [-0.05, 0) is 37.0 Å². The van der Waals surface area contributed by atoms with E-state index < -0.39 is 22.0 Å². The second kappa shape index (κ2) is 11.3. The molecule has 2 amide bonds. The average Bonchev–Trinajstić information content (AvgIpc) is 2.70. The van der Waals surface area contributed by atoms with Crippen LogP contribution in [0.2, 0.25) is 0 Å². The van der Waals surface area contributed by atoms with Gasteiger partial charge in [-0.25, -0.2) is 8.42 Å². The minimum Gasteiger partial charge on any atom is -0.352 e. The highest BCUT2D eigenvalue weighted by Crippen LogP contribution is 2.17. The number of benzene rings is 1. The number of hydrogen-bond acceptors (Lipinski definition) is 4. The molecule has 0 spiro atoms. The quantitative estimate of drug-likeness (QED) is 0.570. The van der Waals surface area contributed by atoms with Gasteiger partial charge in [0.15, 0.2) is 0 Å². The fourth-order valence-electron chi connectivity index (χ4n) is 3.05. The van der Waals surface area contributed by atoms with Gasteiger partial charge in [0.05, 0.1) is 4.90 Å². The summed E-state index contributed by atoms with van der Waals surface area (Å²) in [5, 5.41) is 5.73. The van der Waals surface area contributed by atoms with Crippen molar-refractivity contribution in [3.05, 3.63) is 29.8 Å². The Kier molecular flexibility index (Phi) is 9.79. The molecule has 0 radical (unpaired) electrons. The maximum Gasteiger partial charge on any atom is 0.251 e. The second-order valence-electron chi connectivity index (χ2n) is 7.33. The van der Waals surface area contributed by atoms with Crippen molar-refractivity contribution in [1.82, 2.24) is 14.9 Å². The first-order chi connectivity index (χ1) is 13.6. The maximum absolute atomic E-state index is 12.8. The molecule has 0 aliphatic heterocycles. The van der Waals surface area contributed by atoms with E-state index in [1.807, 2.05) is 27.7 Å². The van der Waals surface area contributed by atoms with Gasteiger partial charge in [0.25, 0.3) is 5.91 Å². The molecule has 1 aromatic rings. The Morgan fingerprint density at radius 1 is 1.00 bits per heavy atom. The van der Waals surface area contributed by atoms with E-state index in [0.717, 1.165) is 12.8 Å². The number of carbonyl (C=O) groups excluding carboxylic acids is 2. The molecular weight excluding hydrogens is 390 g/mol. The Labute approximate surface area is 175 Å². The summed E-state index contributed by atoms with van der Waals surface area (Å²) in [6, 6.07) is 5.28. The first kappa shape index (κ1) is 25.1. The van der Waals surface area contributed by atoms with Crippen LogP contribution >= 0.6 is 0 Å². The fourth-order valence-corrected chi connectivity index (χ4v) is 4.56. The standard InChI is InChI=1S/C21H35N3O4S/c1-7-17(8-2)22-21(26)19(15(5)6)23-20(25)16-12-11-13-18(14-16)29(27,28)24(9-3)10-4/h11-15,17,19H,7-10H2,1-6H3,(H,22,26)(H,23,25). The van der Waals surface area contributed by atoms with E-state index in [9.17, 15) is 18.0 Å².